The fourth-order valence-corrected chi connectivity index (χ4v) is 2.03. The van der Waals surface area contributed by atoms with E-state index in [-0.39, 0.29) is 17.2 Å². The smallest absolute Gasteiger partial charge is 0.236 e. The highest BCUT2D eigenvalue weighted by Gasteiger charge is 2.51. The zero-order valence-corrected chi connectivity index (χ0v) is 7.09. The van der Waals surface area contributed by atoms with Gasteiger partial charge in [0.1, 0.15) is 0 Å². The third-order valence-corrected chi connectivity index (χ3v) is 2.87. The summed E-state index contributed by atoms with van der Waals surface area (Å²) < 4.78 is 0. The number of nitrogens with one attached hydrogen (secondary N) is 1. The maximum Gasteiger partial charge on any atom is 0.236 e. The van der Waals surface area contributed by atoms with Gasteiger partial charge in [-0.3, -0.25) is 14.5 Å². The van der Waals surface area contributed by atoms with Crippen LogP contribution < -0.4 is 5.32 Å². The van der Waals surface area contributed by atoms with Gasteiger partial charge in [-0.15, -0.1) is 0 Å². The fourth-order valence-electron chi connectivity index (χ4n) is 2.03. The van der Waals surface area contributed by atoms with Gasteiger partial charge in [-0.25, -0.2) is 0 Å². The summed E-state index contributed by atoms with van der Waals surface area (Å²) in [7, 11) is 1.57. The molecule has 1 spiro atoms. The molecule has 1 unspecified atom stereocenters. The van der Waals surface area contributed by atoms with Gasteiger partial charge in [-0.2, -0.15) is 0 Å². The van der Waals surface area contributed by atoms with E-state index in [1.54, 1.807) is 7.05 Å². The minimum atomic E-state index is -0.383. The highest BCUT2D eigenvalue weighted by atomic mass is 16.2. The number of amides is 2. The van der Waals surface area contributed by atoms with E-state index in [1.807, 2.05) is 0 Å². The topological polar surface area (TPSA) is 49.4 Å². The number of nitrogens with zero attached hydrogens (tertiary/aromatic N) is 1. The van der Waals surface area contributed by atoms with E-state index in [9.17, 15) is 9.59 Å². The van der Waals surface area contributed by atoms with Crippen molar-refractivity contribution in [2.75, 3.05) is 20.1 Å². The molecule has 0 aromatic heterocycles. The van der Waals surface area contributed by atoms with E-state index < -0.39 is 0 Å². The van der Waals surface area contributed by atoms with Crippen molar-refractivity contribution in [1.29, 1.82) is 0 Å². The van der Waals surface area contributed by atoms with Crippen LogP contribution in [0, 0.1) is 5.41 Å². The van der Waals surface area contributed by atoms with Gasteiger partial charge in [0.15, 0.2) is 0 Å². The Morgan fingerprint density at radius 2 is 2.25 bits per heavy atom. The molecule has 66 valence electrons. The predicted octanol–water partition coefficient (Wildman–Crippen LogP) is -0.645. The molecule has 0 aliphatic carbocycles. The average Bonchev–Trinajstić information content (AvgIpc) is 2.57. The lowest BCUT2D eigenvalue weighted by Crippen LogP contribution is -2.34. The molecule has 2 aliphatic rings. The number of hydrogen-bond acceptors (Lipinski definition) is 3. The predicted molar refractivity (Wildman–Crippen MR) is 42.3 cm³/mol. The number of imide groups is 1. The van der Waals surface area contributed by atoms with Crippen LogP contribution in [0.1, 0.15) is 12.8 Å². The Morgan fingerprint density at radius 3 is 2.67 bits per heavy atom. The summed E-state index contributed by atoms with van der Waals surface area (Å²) in [5, 5.41) is 3.13. The molecular weight excluding hydrogens is 156 g/mol. The second-order valence-electron chi connectivity index (χ2n) is 3.64. The lowest BCUT2D eigenvalue weighted by molar-refractivity contribution is -0.139. The molecule has 12 heavy (non-hydrogen) atoms. The summed E-state index contributed by atoms with van der Waals surface area (Å²) in [6.07, 6.45) is 1.21. The van der Waals surface area contributed by atoms with Crippen molar-refractivity contribution in [3.63, 3.8) is 0 Å². The fraction of sp³-hybridized carbons (Fsp3) is 0.750. The van der Waals surface area contributed by atoms with Crippen LogP contribution in [0.3, 0.4) is 0 Å². The maximum absolute atomic E-state index is 11.6. The number of carbonyl (C=O) groups excluding carboxylic acids is 2. The van der Waals surface area contributed by atoms with Crippen LogP contribution in [0.25, 0.3) is 0 Å². The van der Waals surface area contributed by atoms with Crippen LogP contribution in [0.5, 0.6) is 0 Å². The summed E-state index contributed by atoms with van der Waals surface area (Å²) in [5.74, 6) is -0.0406. The molecule has 0 saturated carbocycles. The van der Waals surface area contributed by atoms with E-state index in [1.165, 1.54) is 4.90 Å². The summed E-state index contributed by atoms with van der Waals surface area (Å²) in [6.45, 7) is 1.52. The van der Waals surface area contributed by atoms with Crippen LogP contribution in [0.15, 0.2) is 0 Å². The standard InChI is InChI=1S/C8H12N2O2/c1-10-6(11)4-8(7(10)12)2-3-9-5-8/h9H,2-5H2,1H3. The van der Waals surface area contributed by atoms with Crippen LogP contribution in [0.4, 0.5) is 0 Å². The van der Waals surface area contributed by atoms with Crippen molar-refractivity contribution in [1.82, 2.24) is 10.2 Å². The van der Waals surface area contributed by atoms with Crippen LogP contribution >= 0.6 is 0 Å². The van der Waals surface area contributed by atoms with Gasteiger partial charge in [0, 0.05) is 20.0 Å². The molecule has 2 heterocycles. The molecule has 1 N–H and O–H groups in total. The van der Waals surface area contributed by atoms with E-state index >= 15 is 0 Å². The van der Waals surface area contributed by atoms with Gasteiger partial charge in [0.25, 0.3) is 0 Å². The van der Waals surface area contributed by atoms with E-state index in [4.69, 9.17) is 0 Å². The summed E-state index contributed by atoms with van der Waals surface area (Å²) in [6, 6.07) is 0. The lowest BCUT2D eigenvalue weighted by Gasteiger charge is -2.17. The summed E-state index contributed by atoms with van der Waals surface area (Å²) in [5.41, 5.74) is -0.383. The Balaban J connectivity index is 2.29. The zero-order chi connectivity index (χ0) is 8.77. The third kappa shape index (κ3) is 0.813. The normalized spacial score (nSPS) is 35.6. The maximum atomic E-state index is 11.6. The first-order valence-electron chi connectivity index (χ1n) is 4.17. The molecule has 2 fully saturated rings. The quantitative estimate of drug-likeness (QED) is 0.489. The molecule has 1 atom stereocenters. The van der Waals surface area contributed by atoms with Gasteiger partial charge in [-0.1, -0.05) is 0 Å². The summed E-state index contributed by atoms with van der Waals surface area (Å²) in [4.78, 5) is 24.1. The van der Waals surface area contributed by atoms with E-state index in [2.05, 4.69) is 5.32 Å². The van der Waals surface area contributed by atoms with Crippen LogP contribution in [-0.2, 0) is 9.59 Å². The number of rotatable bonds is 0. The monoisotopic (exact) mass is 168 g/mol. The Morgan fingerprint density at radius 1 is 1.50 bits per heavy atom. The Kier molecular flexibility index (Phi) is 1.48. The van der Waals surface area contributed by atoms with E-state index in [0.29, 0.717) is 13.0 Å². The first-order valence-corrected chi connectivity index (χ1v) is 4.17. The van der Waals surface area contributed by atoms with Crippen molar-refractivity contribution < 1.29 is 9.59 Å². The molecule has 4 nitrogen and oxygen atoms in total. The number of hydrogen-bond donors (Lipinski definition) is 1. The first kappa shape index (κ1) is 7.73. The SMILES string of the molecule is CN1C(=O)CC2(CCNC2)C1=O. The van der Waals surface area contributed by atoms with Crippen molar-refractivity contribution in [2.45, 2.75) is 12.8 Å². The van der Waals surface area contributed by atoms with Crippen molar-refractivity contribution in [3.05, 3.63) is 0 Å². The van der Waals surface area contributed by atoms with Crippen LogP contribution in [0.2, 0.25) is 0 Å². The zero-order valence-electron chi connectivity index (χ0n) is 7.09. The Labute approximate surface area is 70.9 Å². The number of carbonyl (C=O) groups is 2. The molecule has 0 bridgehead atoms. The highest BCUT2D eigenvalue weighted by molar-refractivity contribution is 6.05. The Bertz CT molecular complexity index is 243. The van der Waals surface area contributed by atoms with Gasteiger partial charge >= 0.3 is 0 Å². The second kappa shape index (κ2) is 2.29. The molecule has 0 radical (unpaired) electrons. The first-order chi connectivity index (χ1) is 5.66. The van der Waals surface area contributed by atoms with Gasteiger partial charge < -0.3 is 5.32 Å². The minimum absolute atomic E-state index is 0.00231. The minimum Gasteiger partial charge on any atom is -0.316 e. The molecule has 2 rings (SSSR count). The molecule has 2 amide bonds. The molecule has 2 saturated heterocycles. The van der Waals surface area contributed by atoms with Gasteiger partial charge in [0.05, 0.1) is 5.41 Å². The molecule has 0 aromatic carbocycles. The van der Waals surface area contributed by atoms with Crippen molar-refractivity contribution in [3.8, 4) is 0 Å². The van der Waals surface area contributed by atoms with Crippen molar-refractivity contribution >= 4 is 11.8 Å². The van der Waals surface area contributed by atoms with Gasteiger partial charge in [0.2, 0.25) is 11.8 Å². The molecule has 2 aliphatic heterocycles. The highest BCUT2D eigenvalue weighted by Crippen LogP contribution is 2.37. The van der Waals surface area contributed by atoms with E-state index in [0.717, 1.165) is 13.0 Å². The molecule has 0 aromatic rings. The van der Waals surface area contributed by atoms with Crippen LogP contribution in [-0.4, -0.2) is 36.9 Å². The Hall–Kier alpha value is -0.900. The largest absolute Gasteiger partial charge is 0.316 e. The van der Waals surface area contributed by atoms with Crippen molar-refractivity contribution in [2.24, 2.45) is 5.41 Å². The summed E-state index contributed by atoms with van der Waals surface area (Å²) >= 11 is 0. The molecular formula is C8H12N2O2. The third-order valence-electron chi connectivity index (χ3n) is 2.87. The number of likely N-dealkylation sites (tertiary alicyclic amines) is 1. The molecule has 4 heteroatoms. The lowest BCUT2D eigenvalue weighted by atomic mass is 9.85. The average molecular weight is 168 g/mol. The second-order valence-corrected chi connectivity index (χ2v) is 3.64. The van der Waals surface area contributed by atoms with Gasteiger partial charge in [-0.05, 0) is 13.0 Å².